The van der Waals surface area contributed by atoms with Gasteiger partial charge in [-0.15, -0.1) is 0 Å². The van der Waals surface area contributed by atoms with E-state index >= 15 is 0 Å². The molecular weight excluding hydrogens is 369 g/mol. The van der Waals surface area contributed by atoms with Gasteiger partial charge in [0.05, 0.1) is 19.6 Å². The van der Waals surface area contributed by atoms with Crippen molar-refractivity contribution in [3.63, 3.8) is 0 Å². The molecule has 0 heterocycles. The number of rotatable bonds is 9. The smallest absolute Gasteiger partial charge is 0.317 e. The molecule has 8 heteroatoms. The summed E-state index contributed by atoms with van der Waals surface area (Å²) in [6, 6.07) is 11.1. The van der Waals surface area contributed by atoms with E-state index in [0.717, 1.165) is 6.07 Å². The molecule has 2 atom stereocenters. The van der Waals surface area contributed by atoms with E-state index in [-0.39, 0.29) is 17.7 Å². The second-order valence-corrected chi connectivity index (χ2v) is 6.00. The lowest BCUT2D eigenvalue weighted by molar-refractivity contribution is -0.484. The predicted molar refractivity (Wildman–Crippen MR) is 98.4 cm³/mol. The van der Waals surface area contributed by atoms with E-state index in [2.05, 4.69) is 0 Å². The molecule has 2 unspecified atom stereocenters. The van der Waals surface area contributed by atoms with Crippen LogP contribution in [0.4, 0.5) is 4.39 Å². The fraction of sp³-hybridized carbons (Fsp3) is 0.300. The fourth-order valence-corrected chi connectivity index (χ4v) is 2.92. The fourth-order valence-electron chi connectivity index (χ4n) is 2.92. The minimum absolute atomic E-state index is 0.000436. The Morgan fingerprint density at radius 1 is 1.18 bits per heavy atom. The molecule has 0 fully saturated rings. The Morgan fingerprint density at radius 2 is 1.86 bits per heavy atom. The van der Waals surface area contributed by atoms with Crippen LogP contribution in [0.3, 0.4) is 0 Å². The highest BCUT2D eigenvalue weighted by Crippen LogP contribution is 2.30. The molecule has 2 rings (SSSR count). The van der Waals surface area contributed by atoms with E-state index in [1.807, 2.05) is 0 Å². The van der Waals surface area contributed by atoms with Crippen molar-refractivity contribution in [1.29, 1.82) is 0 Å². The average Bonchev–Trinajstić information content (AvgIpc) is 2.67. The first-order chi connectivity index (χ1) is 13.4. The zero-order chi connectivity index (χ0) is 20.7. The maximum atomic E-state index is 13.7. The molecular formula is C20H20FNO6. The second kappa shape index (κ2) is 9.59. The van der Waals surface area contributed by atoms with Crippen LogP contribution in [0, 0.1) is 21.8 Å². The van der Waals surface area contributed by atoms with Gasteiger partial charge in [-0.3, -0.25) is 19.7 Å². The molecule has 0 aliphatic carbocycles. The van der Waals surface area contributed by atoms with Crippen LogP contribution in [0.25, 0.3) is 0 Å². The topological polar surface area (TPSA) is 95.7 Å². The lowest BCUT2D eigenvalue weighted by Crippen LogP contribution is -2.35. The van der Waals surface area contributed by atoms with Crippen molar-refractivity contribution in [2.24, 2.45) is 5.92 Å². The zero-order valence-corrected chi connectivity index (χ0v) is 15.5. The first kappa shape index (κ1) is 21.0. The molecule has 28 heavy (non-hydrogen) atoms. The Hall–Kier alpha value is -3.29. The van der Waals surface area contributed by atoms with Crippen LogP contribution in [0.15, 0.2) is 48.5 Å². The quantitative estimate of drug-likeness (QED) is 0.215. The third-order valence-electron chi connectivity index (χ3n) is 4.22. The summed E-state index contributed by atoms with van der Waals surface area (Å²) in [4.78, 5) is 36.3. The average molecular weight is 389 g/mol. The molecule has 0 aliphatic rings. The third kappa shape index (κ3) is 5.12. The van der Waals surface area contributed by atoms with Gasteiger partial charge in [-0.25, -0.2) is 4.39 Å². The molecule has 2 aromatic rings. The number of hydrogen-bond donors (Lipinski definition) is 0. The number of nitrogens with zero attached hydrogens (tertiary/aromatic N) is 1. The molecule has 0 bridgehead atoms. The Balaban J connectivity index is 2.51. The number of nitro groups is 1. The Labute approximate surface area is 161 Å². The number of esters is 1. The highest BCUT2D eigenvalue weighted by atomic mass is 19.1. The summed E-state index contributed by atoms with van der Waals surface area (Å²) in [6.07, 6.45) is 0. The summed E-state index contributed by atoms with van der Waals surface area (Å²) in [5, 5.41) is 11.2. The maximum absolute atomic E-state index is 13.7. The predicted octanol–water partition coefficient (Wildman–Crippen LogP) is 3.26. The molecule has 0 aliphatic heterocycles. The monoisotopic (exact) mass is 389 g/mol. The largest absolute Gasteiger partial charge is 0.497 e. The van der Waals surface area contributed by atoms with Crippen LogP contribution in [0.5, 0.6) is 5.75 Å². The number of ketones is 1. The van der Waals surface area contributed by atoms with Crippen LogP contribution >= 0.6 is 0 Å². The summed E-state index contributed by atoms with van der Waals surface area (Å²) in [7, 11) is 1.47. The standard InChI is InChI=1S/C20H20FNO6/c1-3-28-20(24)18(19(23)13-7-9-16(27-2)10-8-13)17(12-22(25)26)14-5-4-6-15(21)11-14/h4-11,17-18H,3,12H2,1-2H3. The normalized spacial score (nSPS) is 12.7. The van der Waals surface area contributed by atoms with Gasteiger partial charge in [0, 0.05) is 10.5 Å². The van der Waals surface area contributed by atoms with Crippen LogP contribution in [0.2, 0.25) is 0 Å². The van der Waals surface area contributed by atoms with Gasteiger partial charge in [0.25, 0.3) is 0 Å². The van der Waals surface area contributed by atoms with Gasteiger partial charge in [0.15, 0.2) is 5.78 Å². The number of benzene rings is 2. The zero-order valence-electron chi connectivity index (χ0n) is 15.5. The van der Waals surface area contributed by atoms with Gasteiger partial charge in [-0.2, -0.15) is 0 Å². The molecule has 0 saturated carbocycles. The van der Waals surface area contributed by atoms with Gasteiger partial charge in [-0.1, -0.05) is 12.1 Å². The molecule has 2 aromatic carbocycles. The van der Waals surface area contributed by atoms with Gasteiger partial charge in [0.2, 0.25) is 6.54 Å². The lowest BCUT2D eigenvalue weighted by atomic mass is 9.81. The molecule has 0 aromatic heterocycles. The lowest BCUT2D eigenvalue weighted by Gasteiger charge is -2.22. The van der Waals surface area contributed by atoms with Gasteiger partial charge in [0.1, 0.15) is 17.5 Å². The van der Waals surface area contributed by atoms with Crippen LogP contribution in [-0.4, -0.2) is 36.9 Å². The molecule has 0 spiro atoms. The number of carbonyl (C=O) groups is 2. The van der Waals surface area contributed by atoms with E-state index < -0.39 is 40.9 Å². The highest BCUT2D eigenvalue weighted by Gasteiger charge is 2.40. The van der Waals surface area contributed by atoms with Gasteiger partial charge in [-0.05, 0) is 48.9 Å². The summed E-state index contributed by atoms with van der Waals surface area (Å²) >= 11 is 0. The molecule has 0 radical (unpaired) electrons. The molecule has 148 valence electrons. The third-order valence-corrected chi connectivity index (χ3v) is 4.22. The van der Waals surface area contributed by atoms with Crippen molar-refractivity contribution in [1.82, 2.24) is 0 Å². The SMILES string of the molecule is CCOC(=O)C(C(=O)c1ccc(OC)cc1)C(C[N+](=O)[O-])c1cccc(F)c1. The van der Waals surface area contributed by atoms with E-state index in [1.165, 1.54) is 37.4 Å². The van der Waals surface area contributed by atoms with Crippen molar-refractivity contribution in [2.75, 3.05) is 20.3 Å². The van der Waals surface area contributed by atoms with Crippen molar-refractivity contribution in [3.05, 3.63) is 75.6 Å². The summed E-state index contributed by atoms with van der Waals surface area (Å²) in [5.41, 5.74) is 0.347. The Bertz CT molecular complexity index is 852. The molecule has 7 nitrogen and oxygen atoms in total. The Kier molecular flexibility index (Phi) is 7.20. The number of halogens is 1. The van der Waals surface area contributed by atoms with Crippen molar-refractivity contribution in [3.8, 4) is 5.75 Å². The van der Waals surface area contributed by atoms with Crippen molar-refractivity contribution >= 4 is 11.8 Å². The maximum Gasteiger partial charge on any atom is 0.317 e. The first-order valence-corrected chi connectivity index (χ1v) is 8.59. The second-order valence-electron chi connectivity index (χ2n) is 6.00. The number of ether oxygens (including phenoxy) is 2. The van der Waals surface area contributed by atoms with Gasteiger partial charge >= 0.3 is 5.97 Å². The van der Waals surface area contributed by atoms with E-state index in [0.29, 0.717) is 5.75 Å². The van der Waals surface area contributed by atoms with Crippen LogP contribution in [-0.2, 0) is 9.53 Å². The molecule has 0 saturated heterocycles. The van der Waals surface area contributed by atoms with E-state index in [1.54, 1.807) is 19.1 Å². The Morgan fingerprint density at radius 3 is 2.39 bits per heavy atom. The van der Waals surface area contributed by atoms with Gasteiger partial charge < -0.3 is 9.47 Å². The van der Waals surface area contributed by atoms with Crippen molar-refractivity contribution < 1.29 is 28.4 Å². The van der Waals surface area contributed by atoms with E-state index in [4.69, 9.17) is 9.47 Å². The number of methoxy groups -OCH3 is 1. The minimum Gasteiger partial charge on any atom is -0.497 e. The highest BCUT2D eigenvalue weighted by molar-refractivity contribution is 6.09. The summed E-state index contributed by atoms with van der Waals surface area (Å²) in [5.74, 6) is -4.31. The molecule has 0 N–H and O–H groups in total. The van der Waals surface area contributed by atoms with Crippen LogP contribution in [0.1, 0.15) is 28.8 Å². The molecule has 0 amide bonds. The van der Waals surface area contributed by atoms with Crippen molar-refractivity contribution in [2.45, 2.75) is 12.8 Å². The summed E-state index contributed by atoms with van der Waals surface area (Å²) < 4.78 is 23.7. The number of carbonyl (C=O) groups excluding carboxylic acids is 2. The van der Waals surface area contributed by atoms with E-state index in [9.17, 15) is 24.1 Å². The van der Waals surface area contributed by atoms with Crippen LogP contribution < -0.4 is 4.74 Å². The summed E-state index contributed by atoms with van der Waals surface area (Å²) in [6.45, 7) is 0.839. The minimum atomic E-state index is -1.49. The number of Topliss-reactive ketones (excluding diaryl/α,β-unsaturated/α-hetero) is 1. The first-order valence-electron chi connectivity index (χ1n) is 8.59. The number of hydrogen-bond acceptors (Lipinski definition) is 6.